The minimum absolute atomic E-state index is 0.0857. The van der Waals surface area contributed by atoms with Gasteiger partial charge in [0.2, 0.25) is 0 Å². The molecule has 0 N–H and O–H groups in total. The predicted octanol–water partition coefficient (Wildman–Crippen LogP) is 2.06. The molecule has 15 heavy (non-hydrogen) atoms. The third kappa shape index (κ3) is 2.85. The van der Waals surface area contributed by atoms with E-state index in [0.29, 0.717) is 6.61 Å². The molecule has 1 atom stereocenters. The van der Waals surface area contributed by atoms with Gasteiger partial charge in [-0.05, 0) is 5.75 Å². The Morgan fingerprint density at radius 1 is 1.53 bits per heavy atom. The predicted molar refractivity (Wildman–Crippen MR) is 61.5 cm³/mol. The molecule has 0 saturated carbocycles. The van der Waals surface area contributed by atoms with Gasteiger partial charge in [-0.1, -0.05) is 41.8 Å². The number of cyclic esters (lactones) is 1. The Morgan fingerprint density at radius 2 is 2.33 bits per heavy atom. The van der Waals surface area contributed by atoms with Crippen molar-refractivity contribution in [3.63, 3.8) is 0 Å². The molecule has 1 fully saturated rings. The average molecular weight is 262 g/mol. The van der Waals surface area contributed by atoms with Crippen LogP contribution in [0.1, 0.15) is 13.3 Å². The van der Waals surface area contributed by atoms with Crippen molar-refractivity contribution in [2.45, 2.75) is 27.3 Å². The second-order valence-electron chi connectivity index (χ2n) is 2.83. The number of esters is 1. The molecule has 0 aliphatic carbocycles. The summed E-state index contributed by atoms with van der Waals surface area (Å²) in [6, 6.07) is 0. The quantitative estimate of drug-likeness (QED) is 0.611. The van der Waals surface area contributed by atoms with Crippen molar-refractivity contribution < 1.29 is 9.53 Å². The van der Waals surface area contributed by atoms with Gasteiger partial charge in [0, 0.05) is 6.42 Å². The zero-order chi connectivity index (χ0) is 10.7. The monoisotopic (exact) mass is 262 g/mol. The van der Waals surface area contributed by atoms with E-state index in [1.165, 1.54) is 11.8 Å². The van der Waals surface area contributed by atoms with E-state index in [0.717, 1.165) is 20.9 Å². The van der Waals surface area contributed by atoms with Gasteiger partial charge < -0.3 is 4.74 Å². The molecule has 1 unspecified atom stereocenters. The first kappa shape index (κ1) is 11.2. The zero-order valence-electron chi connectivity index (χ0n) is 8.13. The maximum Gasteiger partial charge on any atom is 0.319 e. The van der Waals surface area contributed by atoms with Crippen molar-refractivity contribution in [1.82, 2.24) is 10.2 Å². The summed E-state index contributed by atoms with van der Waals surface area (Å²) in [6.07, 6.45) is 0.777. The van der Waals surface area contributed by atoms with E-state index in [1.807, 2.05) is 0 Å². The van der Waals surface area contributed by atoms with E-state index < -0.39 is 0 Å². The van der Waals surface area contributed by atoms with Gasteiger partial charge in [0.15, 0.2) is 8.68 Å². The molecular formula is C8H10N2O2S3. The lowest BCUT2D eigenvalue weighted by atomic mass is 10.4. The third-order valence-electron chi connectivity index (χ3n) is 1.79. The number of hydrogen-bond acceptors (Lipinski definition) is 7. The topological polar surface area (TPSA) is 52.1 Å². The molecule has 2 rings (SSSR count). The van der Waals surface area contributed by atoms with E-state index in [-0.39, 0.29) is 11.2 Å². The maximum absolute atomic E-state index is 11.2. The van der Waals surface area contributed by atoms with E-state index in [4.69, 9.17) is 4.74 Å². The van der Waals surface area contributed by atoms with Crippen LogP contribution in [0.2, 0.25) is 0 Å². The number of carbonyl (C=O) groups excluding carboxylic acids is 1. The summed E-state index contributed by atoms with van der Waals surface area (Å²) in [7, 11) is 0. The highest BCUT2D eigenvalue weighted by atomic mass is 32.2. The van der Waals surface area contributed by atoms with Crippen molar-refractivity contribution in [2.24, 2.45) is 0 Å². The Labute approximate surface area is 100 Å². The number of thioether (sulfide) groups is 2. The van der Waals surface area contributed by atoms with Crippen molar-refractivity contribution in [1.29, 1.82) is 0 Å². The van der Waals surface area contributed by atoms with Gasteiger partial charge in [-0.3, -0.25) is 4.79 Å². The van der Waals surface area contributed by atoms with Gasteiger partial charge >= 0.3 is 5.97 Å². The first-order valence-electron chi connectivity index (χ1n) is 4.59. The molecule has 0 aromatic carbocycles. The van der Waals surface area contributed by atoms with Crippen LogP contribution in [-0.4, -0.2) is 33.8 Å². The largest absolute Gasteiger partial charge is 0.465 e. The fourth-order valence-corrected chi connectivity index (χ4v) is 4.26. The maximum atomic E-state index is 11.2. The molecule has 1 saturated heterocycles. The number of hydrogen-bond donors (Lipinski definition) is 0. The summed E-state index contributed by atoms with van der Waals surface area (Å²) in [4.78, 5) is 11.2. The Kier molecular flexibility index (Phi) is 3.87. The van der Waals surface area contributed by atoms with Crippen molar-refractivity contribution in [3.8, 4) is 0 Å². The van der Waals surface area contributed by atoms with E-state index in [9.17, 15) is 4.79 Å². The van der Waals surface area contributed by atoms with Crippen LogP contribution in [0.25, 0.3) is 0 Å². The Hall–Kier alpha value is -0.270. The Morgan fingerprint density at radius 3 is 3.00 bits per heavy atom. The smallest absolute Gasteiger partial charge is 0.319 e. The molecule has 1 aromatic rings. The second-order valence-corrected chi connectivity index (χ2v) is 6.77. The molecule has 1 aromatic heterocycles. The van der Waals surface area contributed by atoms with Crippen molar-refractivity contribution in [3.05, 3.63) is 0 Å². The highest BCUT2D eigenvalue weighted by molar-refractivity contribution is 8.03. The zero-order valence-corrected chi connectivity index (χ0v) is 10.6. The van der Waals surface area contributed by atoms with Gasteiger partial charge in [0.25, 0.3) is 0 Å². The van der Waals surface area contributed by atoms with Crippen LogP contribution in [0.4, 0.5) is 0 Å². The Bertz CT molecular complexity index is 355. The molecule has 4 nitrogen and oxygen atoms in total. The van der Waals surface area contributed by atoms with Gasteiger partial charge in [-0.25, -0.2) is 0 Å². The lowest BCUT2D eigenvalue weighted by molar-refractivity contribution is -0.137. The van der Waals surface area contributed by atoms with E-state index >= 15 is 0 Å². The molecule has 0 spiro atoms. The summed E-state index contributed by atoms with van der Waals surface area (Å²) >= 11 is 4.68. The fraction of sp³-hybridized carbons (Fsp3) is 0.625. The van der Waals surface area contributed by atoms with Crippen LogP contribution in [0, 0.1) is 0 Å². The fourth-order valence-electron chi connectivity index (χ4n) is 1.13. The number of rotatable bonds is 4. The van der Waals surface area contributed by atoms with Crippen LogP contribution in [0.15, 0.2) is 8.68 Å². The number of aromatic nitrogens is 2. The second kappa shape index (κ2) is 5.18. The van der Waals surface area contributed by atoms with Gasteiger partial charge in [-0.15, -0.1) is 10.2 Å². The lowest BCUT2D eigenvalue weighted by Gasteiger charge is -1.99. The molecule has 1 aliphatic rings. The van der Waals surface area contributed by atoms with Crippen LogP contribution in [-0.2, 0) is 9.53 Å². The average Bonchev–Trinajstić information content (AvgIpc) is 2.79. The summed E-state index contributed by atoms with van der Waals surface area (Å²) in [5, 5.41) is 7.98. The number of nitrogens with zero attached hydrogens (tertiary/aromatic N) is 2. The highest BCUT2D eigenvalue weighted by Gasteiger charge is 2.28. The van der Waals surface area contributed by atoms with Crippen LogP contribution >= 0.6 is 34.9 Å². The lowest BCUT2D eigenvalue weighted by Crippen LogP contribution is -2.08. The first-order valence-corrected chi connectivity index (χ1v) is 7.27. The summed E-state index contributed by atoms with van der Waals surface area (Å²) in [5.74, 6) is 0.866. The SMILES string of the molecule is CCSc1nnc(SC2CCOC2=O)s1. The summed E-state index contributed by atoms with van der Waals surface area (Å²) in [6.45, 7) is 2.61. The molecule has 82 valence electrons. The third-order valence-corrected chi connectivity index (χ3v) is 5.05. The molecule has 1 aliphatic heterocycles. The Balaban J connectivity index is 1.95. The van der Waals surface area contributed by atoms with Gasteiger partial charge in [0.1, 0.15) is 5.25 Å². The molecule has 2 heterocycles. The molecule has 0 amide bonds. The summed E-state index contributed by atoms with van der Waals surface area (Å²) in [5.41, 5.74) is 0. The van der Waals surface area contributed by atoms with Gasteiger partial charge in [0.05, 0.1) is 6.61 Å². The first-order chi connectivity index (χ1) is 7.29. The minimum atomic E-state index is -0.125. The van der Waals surface area contributed by atoms with E-state index in [2.05, 4.69) is 17.1 Å². The van der Waals surface area contributed by atoms with Crippen molar-refractivity contribution >= 4 is 40.8 Å². The standard InChI is InChI=1S/C8H10N2O2S3/c1-2-13-7-9-10-8(15-7)14-5-3-4-12-6(5)11/h5H,2-4H2,1H3. The number of ether oxygens (including phenoxy) is 1. The number of carbonyl (C=O) groups is 1. The molecule has 7 heteroatoms. The van der Waals surface area contributed by atoms with Crippen LogP contribution < -0.4 is 0 Å². The molecule has 0 radical (unpaired) electrons. The molecular weight excluding hydrogens is 252 g/mol. The van der Waals surface area contributed by atoms with E-state index in [1.54, 1.807) is 23.1 Å². The molecule has 0 bridgehead atoms. The van der Waals surface area contributed by atoms with Crippen molar-refractivity contribution in [2.75, 3.05) is 12.4 Å². The van der Waals surface area contributed by atoms with Gasteiger partial charge in [-0.2, -0.15) is 0 Å². The normalized spacial score (nSPS) is 20.6. The van der Waals surface area contributed by atoms with Crippen LogP contribution in [0.5, 0.6) is 0 Å². The van der Waals surface area contributed by atoms with Crippen LogP contribution in [0.3, 0.4) is 0 Å². The highest BCUT2D eigenvalue weighted by Crippen LogP contribution is 2.34. The summed E-state index contributed by atoms with van der Waals surface area (Å²) < 4.78 is 6.70. The minimum Gasteiger partial charge on any atom is -0.465 e.